The third-order valence-electron chi connectivity index (χ3n) is 11.4. The summed E-state index contributed by atoms with van der Waals surface area (Å²) in [6.45, 7) is 9.55. The van der Waals surface area contributed by atoms with E-state index in [4.69, 9.17) is 14.2 Å². The van der Waals surface area contributed by atoms with Crippen LogP contribution in [0, 0.1) is 11.3 Å². The molecule has 6 rings (SSSR count). The van der Waals surface area contributed by atoms with Gasteiger partial charge in [-0.15, -0.1) is 0 Å². The minimum absolute atomic E-state index is 0.0484. The molecule has 0 saturated carbocycles. The number of carbonyl (C=O) groups is 6. The summed E-state index contributed by atoms with van der Waals surface area (Å²) >= 11 is 0. The van der Waals surface area contributed by atoms with Crippen LogP contribution in [0.3, 0.4) is 0 Å². The highest BCUT2D eigenvalue weighted by Gasteiger charge is 2.63. The molecule has 0 fully saturated rings. The van der Waals surface area contributed by atoms with Gasteiger partial charge in [-0.3, -0.25) is 28.8 Å². The normalized spacial score (nSPS) is 15.1. The second-order valence-corrected chi connectivity index (χ2v) is 19.8. The zero-order valence-corrected chi connectivity index (χ0v) is 42.4. The van der Waals surface area contributed by atoms with E-state index in [0.717, 1.165) is 30.4 Å². The molecule has 0 aliphatic heterocycles. The average Bonchev–Trinajstić information content (AvgIpc) is 3.35. The van der Waals surface area contributed by atoms with Gasteiger partial charge in [0, 0.05) is 5.92 Å². The Morgan fingerprint density at radius 1 is 0.493 bits per heavy atom. The molecular weight excluding hydrogens is 961 g/mol. The van der Waals surface area contributed by atoms with Gasteiger partial charge in [-0.05, 0) is 151 Å². The van der Waals surface area contributed by atoms with E-state index < -0.39 is 78.8 Å². The fourth-order valence-corrected chi connectivity index (χ4v) is 10.9. The second-order valence-electron chi connectivity index (χ2n) is 15.9. The Kier molecular flexibility index (Phi) is 21.5. The lowest BCUT2D eigenvalue weighted by molar-refractivity contribution is -0.187. The van der Waals surface area contributed by atoms with E-state index in [9.17, 15) is 50.7 Å². The van der Waals surface area contributed by atoms with E-state index in [-0.39, 0.29) is 49.4 Å². The van der Waals surface area contributed by atoms with Crippen LogP contribution in [0.25, 0.3) is 0 Å². The van der Waals surface area contributed by atoms with Crippen LogP contribution in [0.4, 0.5) is 0 Å². The summed E-state index contributed by atoms with van der Waals surface area (Å²) in [5.74, 6) is -8.50. The number of aliphatic hydroxyl groups excluding tert-OH is 1. The summed E-state index contributed by atoms with van der Waals surface area (Å²) in [5.41, 5.74) is 0.624. The van der Waals surface area contributed by atoms with E-state index in [1.807, 2.05) is 0 Å². The Morgan fingerprint density at radius 2 is 0.845 bits per heavy atom. The first-order chi connectivity index (χ1) is 33.9. The van der Waals surface area contributed by atoms with E-state index >= 15 is 0 Å². The van der Waals surface area contributed by atoms with Gasteiger partial charge in [-0.25, -0.2) is 16.8 Å². The van der Waals surface area contributed by atoms with Crippen molar-refractivity contribution >= 4 is 55.5 Å². The number of aliphatic hydroxyl groups is 1. The van der Waals surface area contributed by atoms with Gasteiger partial charge in [0.05, 0.1) is 65.3 Å². The van der Waals surface area contributed by atoms with Gasteiger partial charge in [-0.1, -0.05) is 48.5 Å². The molecule has 0 radical (unpaired) electrons. The number of hydrogen-bond donors (Lipinski definition) is 1. The molecule has 4 aromatic rings. The first-order valence-corrected chi connectivity index (χ1v) is 26.4. The maximum absolute atomic E-state index is 13.3. The summed E-state index contributed by atoms with van der Waals surface area (Å²) in [7, 11) is -7.25. The van der Waals surface area contributed by atoms with Gasteiger partial charge in [0.25, 0.3) is 11.3 Å². The standard InChI is InChI=1S/C26H30O8S.C16H16O3S.C10H16O6/c1-4-32-23(27)26(24(28)33-5-2,25(29)34-6-3)22-14-10-11-18-17-20(15-16-21(18)22)35(30,31)19-12-8-7-9-13-19;17-16-8-4-5-12-11-14(9-10-15(12)16)20(18,19)13-6-2-1-3-7-13;1-4-14-8(11)7(9(12)15-5-2)10(13)16-6-3/h7-9,12-13,15-17,22H,4-6,10-11,14H2,1-3H3;1-3,6-7,9-11,16-17H,4-5,8H2;7H,4-6H2,1-3H3/t22-;16-;/m10./s1. The van der Waals surface area contributed by atoms with Crippen molar-refractivity contribution in [2.75, 3.05) is 39.6 Å². The Bertz CT molecular complexity index is 2610. The molecular formula is C52H62O17S2. The Balaban J connectivity index is 0.000000256. The zero-order valence-electron chi connectivity index (χ0n) is 40.8. The van der Waals surface area contributed by atoms with Crippen LogP contribution in [0.2, 0.25) is 0 Å². The molecule has 0 saturated heterocycles. The van der Waals surface area contributed by atoms with Crippen LogP contribution in [-0.4, -0.2) is 97.4 Å². The summed E-state index contributed by atoms with van der Waals surface area (Å²) in [4.78, 5) is 74.8. The van der Waals surface area contributed by atoms with Crippen LogP contribution in [-0.2, 0) is 89.7 Å². The number of carbonyl (C=O) groups excluding carboxylic acids is 6. The zero-order chi connectivity index (χ0) is 52.4. The van der Waals surface area contributed by atoms with Crippen molar-refractivity contribution in [2.45, 2.75) is 112 Å². The van der Waals surface area contributed by atoms with Gasteiger partial charge in [0.2, 0.25) is 19.7 Å². The number of benzene rings is 4. The first-order valence-electron chi connectivity index (χ1n) is 23.5. The molecule has 0 aromatic heterocycles. The van der Waals surface area contributed by atoms with E-state index in [1.165, 1.54) is 18.2 Å². The lowest BCUT2D eigenvalue weighted by Crippen LogP contribution is -2.54. The summed E-state index contributed by atoms with van der Waals surface area (Å²) in [6, 6.07) is 26.1. The minimum Gasteiger partial charge on any atom is -0.465 e. The van der Waals surface area contributed by atoms with E-state index in [1.54, 1.807) is 120 Å². The Labute approximate surface area is 415 Å². The van der Waals surface area contributed by atoms with Crippen LogP contribution in [0.15, 0.2) is 117 Å². The quantitative estimate of drug-likeness (QED) is 0.0649. The molecule has 0 amide bonds. The SMILES string of the molecule is CCOC(=O)C(C(=O)OCC)(C(=O)OCC)[C@@H]1CCCc2cc(S(=O)(=O)c3ccccc3)ccc21.CCOC(=O)C(C(=O)OCC)C(=O)OCC.O=S(=O)(c1ccccc1)c1ccc2c(c1)CCC[C@@H]2O. The topological polar surface area (TPSA) is 246 Å². The molecule has 1 N–H and O–H groups in total. The van der Waals surface area contributed by atoms with Crippen molar-refractivity contribution in [3.8, 4) is 0 Å². The van der Waals surface area contributed by atoms with Gasteiger partial charge < -0.3 is 33.5 Å². The van der Waals surface area contributed by atoms with Gasteiger partial charge in [0.1, 0.15) is 0 Å². The third kappa shape index (κ3) is 13.5. The predicted molar refractivity (Wildman–Crippen MR) is 256 cm³/mol. The van der Waals surface area contributed by atoms with Crippen molar-refractivity contribution in [1.29, 1.82) is 0 Å². The number of aryl methyl sites for hydroxylation is 2. The van der Waals surface area contributed by atoms with E-state index in [0.29, 0.717) is 40.2 Å². The summed E-state index contributed by atoms with van der Waals surface area (Å²) in [6.07, 6.45) is 3.35. The lowest BCUT2D eigenvalue weighted by atomic mass is 9.66. The molecule has 4 aromatic carbocycles. The number of hydrogen-bond acceptors (Lipinski definition) is 17. The summed E-state index contributed by atoms with van der Waals surface area (Å²) < 4.78 is 80.8. The monoisotopic (exact) mass is 1020 g/mol. The minimum atomic E-state index is -3.78. The molecule has 2 aliphatic carbocycles. The van der Waals surface area contributed by atoms with Gasteiger partial charge in [0.15, 0.2) is 0 Å². The molecule has 384 valence electrons. The maximum atomic E-state index is 13.3. The highest BCUT2D eigenvalue weighted by molar-refractivity contribution is 7.91. The molecule has 2 atom stereocenters. The van der Waals surface area contributed by atoms with Crippen LogP contribution in [0.1, 0.15) is 102 Å². The molecule has 2 aliphatic rings. The number of fused-ring (bicyclic) bond motifs is 2. The predicted octanol–water partition coefficient (Wildman–Crippen LogP) is 6.80. The smallest absolute Gasteiger partial charge is 0.335 e. The van der Waals surface area contributed by atoms with Crippen LogP contribution < -0.4 is 0 Å². The average molecular weight is 1020 g/mol. The Morgan fingerprint density at radius 3 is 1.23 bits per heavy atom. The molecule has 0 spiro atoms. The molecule has 0 unspecified atom stereocenters. The molecule has 0 bridgehead atoms. The largest absolute Gasteiger partial charge is 0.465 e. The van der Waals surface area contributed by atoms with Crippen LogP contribution in [0.5, 0.6) is 0 Å². The molecule has 19 heteroatoms. The fraction of sp³-hybridized carbons (Fsp3) is 0.423. The van der Waals surface area contributed by atoms with Crippen molar-refractivity contribution in [2.24, 2.45) is 11.3 Å². The highest BCUT2D eigenvalue weighted by Crippen LogP contribution is 2.48. The van der Waals surface area contributed by atoms with Gasteiger partial charge >= 0.3 is 35.8 Å². The number of ether oxygens (including phenoxy) is 6. The van der Waals surface area contributed by atoms with Crippen molar-refractivity contribution in [3.63, 3.8) is 0 Å². The summed E-state index contributed by atoms with van der Waals surface area (Å²) in [5, 5.41) is 9.92. The number of sulfone groups is 2. The maximum Gasteiger partial charge on any atom is 0.335 e. The van der Waals surface area contributed by atoms with Crippen molar-refractivity contribution in [3.05, 3.63) is 119 Å². The first kappa shape index (κ1) is 57.1. The number of esters is 6. The van der Waals surface area contributed by atoms with E-state index in [2.05, 4.69) is 14.2 Å². The third-order valence-corrected chi connectivity index (χ3v) is 15.0. The lowest BCUT2D eigenvalue weighted by Gasteiger charge is -2.37. The molecule has 17 nitrogen and oxygen atoms in total. The van der Waals surface area contributed by atoms with Crippen LogP contribution >= 0.6 is 0 Å². The van der Waals surface area contributed by atoms with Crippen molar-refractivity contribution < 1.29 is 79.1 Å². The molecule has 71 heavy (non-hydrogen) atoms. The fourth-order valence-electron chi connectivity index (χ4n) is 8.19. The Hall–Kier alpha value is -6.44. The molecule has 0 heterocycles. The van der Waals surface area contributed by atoms with Crippen molar-refractivity contribution in [1.82, 2.24) is 0 Å². The van der Waals surface area contributed by atoms with Gasteiger partial charge in [-0.2, -0.15) is 0 Å². The number of rotatable bonds is 17. The second kappa shape index (κ2) is 26.7. The highest BCUT2D eigenvalue weighted by atomic mass is 32.2.